The molecule has 3 saturated carbocycles. The number of H-pyrrole nitrogens is 4. The van der Waals surface area contributed by atoms with E-state index in [1.807, 2.05) is 113 Å². The summed E-state index contributed by atoms with van der Waals surface area (Å²) in [5.41, 5.74) is 17.0. The number of fused-ring (bicyclic) bond motifs is 8. The number of nitrogens with zero attached hydrogens (tertiary/aromatic N) is 5. The molecule has 7 N–H and O–H groups in total. The molecule has 0 bridgehead atoms. The molecule has 36 heteroatoms. The lowest BCUT2D eigenvalue weighted by atomic mass is 9.95. The minimum absolute atomic E-state index is 0.0747. The lowest BCUT2D eigenvalue weighted by molar-refractivity contribution is -0.158. The maximum Gasteiger partial charge on any atom is 0.308 e. The Hall–Kier alpha value is -10.8. The number of aromatic amines is 4. The third kappa shape index (κ3) is 20.7. The van der Waals surface area contributed by atoms with Crippen molar-refractivity contribution >= 4 is 120 Å². The van der Waals surface area contributed by atoms with E-state index in [1.165, 1.54) is 18.5 Å². The van der Waals surface area contributed by atoms with Crippen LogP contribution in [0.25, 0.3) is 89.2 Å². The first-order valence-electron chi connectivity index (χ1n) is 49.7. The number of ether oxygens (including phenoxy) is 16. The first-order valence-corrected chi connectivity index (χ1v) is 51.3. The summed E-state index contributed by atoms with van der Waals surface area (Å²) in [4.78, 5) is 82.4. The van der Waals surface area contributed by atoms with E-state index in [9.17, 15) is 34.5 Å². The van der Waals surface area contributed by atoms with Crippen molar-refractivity contribution in [2.75, 3.05) is 90.7 Å². The zero-order valence-corrected chi connectivity index (χ0v) is 84.0. The second kappa shape index (κ2) is 41.2. The van der Waals surface area contributed by atoms with Gasteiger partial charge in [-0.3, -0.25) is 19.2 Å². The van der Waals surface area contributed by atoms with Crippen molar-refractivity contribution in [2.24, 2.45) is 23.7 Å². The van der Waals surface area contributed by atoms with Gasteiger partial charge in [-0.05, 0) is 104 Å². The SMILES string of the molecule is CC(C)C(=O)OCC1(c2ccc(-c3nc4cc(O[C@@H]5CO[C@H]6[C@@H]5OC[C@H]6O)[nH]c4cc3Cl)cc2)CC1.CC(C)C(=O)OCC1(c2ccc(-c3nc4cc(O[C@@H]5CO[C@H]6[C@@H]5OC[C@H]6OC(=O)C(C)C)[nH]c4cc3Cl)cc2)CC1.CC(C)C(=O)O[C@@H]1CO[C@H]2[C@@H]1OC[C@H]2Oc1cc2nc(-c3ccc(C4(CO)CC4)cc3)c(Cl)cc2[nH]1.O[C@@H]1CO[C@H]2[C@@H]1OC[C@H]2Oc1cc2nc(-c3ccc(N4CCCC4)cc3)c(Cl)cc2[nH]1. The fourth-order valence-corrected chi connectivity index (χ4v) is 21.2. The van der Waals surface area contributed by atoms with Gasteiger partial charge in [0.05, 0.1) is 170 Å². The molecule has 3 aliphatic carbocycles. The van der Waals surface area contributed by atoms with Crippen LogP contribution in [0.5, 0.6) is 23.5 Å². The van der Waals surface area contributed by atoms with Crippen molar-refractivity contribution in [3.05, 3.63) is 182 Å². The van der Waals surface area contributed by atoms with Crippen LogP contribution in [0.2, 0.25) is 20.1 Å². The third-order valence-corrected chi connectivity index (χ3v) is 30.5. The number of pyridine rings is 4. The van der Waals surface area contributed by atoms with Crippen LogP contribution in [0.1, 0.15) is 123 Å². The molecule has 12 aliphatic rings. The summed E-state index contributed by atoms with van der Waals surface area (Å²) in [7, 11) is 0. The topological polar surface area (TPSA) is 395 Å². The van der Waals surface area contributed by atoms with E-state index in [2.05, 4.69) is 85.5 Å². The van der Waals surface area contributed by atoms with Crippen LogP contribution < -0.4 is 23.8 Å². The molecule has 32 nitrogen and oxygen atoms in total. The largest absolute Gasteiger partial charge is 0.470 e. The van der Waals surface area contributed by atoms with E-state index in [4.69, 9.17) is 142 Å². The molecule has 0 radical (unpaired) electrons. The minimum atomic E-state index is -0.620. The first-order chi connectivity index (χ1) is 69.5. The Morgan fingerprint density at radius 1 is 0.354 bits per heavy atom. The molecule has 8 aromatic heterocycles. The summed E-state index contributed by atoms with van der Waals surface area (Å²) in [6.45, 7) is 20.3. The molecule has 9 saturated heterocycles. The predicted octanol–water partition coefficient (Wildman–Crippen LogP) is 16.7. The van der Waals surface area contributed by atoms with Crippen LogP contribution in [-0.2, 0) is 92.3 Å². The number of hydrogen-bond donors (Lipinski definition) is 7. The molecular formula is C108H117Cl4N9O23. The number of carbonyl (C=O) groups is 4. The fourth-order valence-electron chi connectivity index (χ4n) is 20.2. The molecular weight excluding hydrogens is 1930 g/mol. The fraction of sp³-hybridized carbons (Fsp3) is 0.481. The highest BCUT2D eigenvalue weighted by Crippen LogP contribution is 2.53. The number of aliphatic hydroxyl groups excluding tert-OH is 3. The Balaban J connectivity index is 0.000000114. The lowest BCUT2D eigenvalue weighted by Crippen LogP contribution is -2.36. The molecule has 24 rings (SSSR count). The maximum atomic E-state index is 12.0. The summed E-state index contributed by atoms with van der Waals surface area (Å²) >= 11 is 26.4. The van der Waals surface area contributed by atoms with E-state index in [1.54, 1.807) is 27.7 Å². The number of aliphatic hydroxyl groups is 3. The van der Waals surface area contributed by atoms with Crippen molar-refractivity contribution in [3.63, 3.8) is 0 Å². The van der Waals surface area contributed by atoms with Crippen LogP contribution in [0.4, 0.5) is 5.69 Å². The Morgan fingerprint density at radius 2 is 0.611 bits per heavy atom. The molecule has 4 aromatic carbocycles. The normalized spacial score (nSPS) is 26.2. The highest BCUT2D eigenvalue weighted by atomic mass is 35.5. The molecule has 0 amide bonds. The number of benzene rings is 4. The van der Waals surface area contributed by atoms with Crippen LogP contribution in [0.15, 0.2) is 146 Å². The zero-order valence-electron chi connectivity index (χ0n) is 81.0. The maximum absolute atomic E-state index is 12.0. The van der Waals surface area contributed by atoms with E-state index >= 15 is 0 Å². The monoisotopic (exact) mass is 2050 g/mol. The zero-order chi connectivity index (χ0) is 99.9. The third-order valence-electron chi connectivity index (χ3n) is 29.3. The van der Waals surface area contributed by atoms with E-state index in [-0.39, 0.29) is 163 Å². The van der Waals surface area contributed by atoms with Gasteiger partial charge in [0.25, 0.3) is 0 Å². The Kier molecular flexibility index (Phi) is 28.4. The molecule has 12 aromatic rings. The highest BCUT2D eigenvalue weighted by Gasteiger charge is 2.55. The van der Waals surface area contributed by atoms with Crippen molar-refractivity contribution in [2.45, 2.75) is 221 Å². The quantitative estimate of drug-likeness (QED) is 0.0186. The van der Waals surface area contributed by atoms with Gasteiger partial charge in [-0.15, -0.1) is 0 Å². The van der Waals surface area contributed by atoms with Gasteiger partial charge < -0.3 is 116 Å². The molecule has 9 aliphatic heterocycles. The van der Waals surface area contributed by atoms with E-state index < -0.39 is 24.4 Å². The number of esters is 4. The summed E-state index contributed by atoms with van der Waals surface area (Å²) in [6, 6.07) is 47.7. The van der Waals surface area contributed by atoms with Gasteiger partial charge >= 0.3 is 23.9 Å². The molecule has 0 unspecified atom stereocenters. The number of nitrogens with one attached hydrogen (secondary N) is 4. The molecule has 12 fully saturated rings. The average Bonchev–Trinajstić information content (AvgIpc) is 1.61. The summed E-state index contributed by atoms with van der Waals surface area (Å²) in [6.07, 6.45) is 2.62. The summed E-state index contributed by atoms with van der Waals surface area (Å²) in [5, 5.41) is 31.7. The number of carbonyl (C=O) groups excluding carboxylic acids is 4. The van der Waals surface area contributed by atoms with Gasteiger partial charge in [-0.25, -0.2) is 19.9 Å². The Bertz CT molecular complexity index is 6700. The Labute approximate surface area is 850 Å². The van der Waals surface area contributed by atoms with Gasteiger partial charge in [0.2, 0.25) is 0 Å². The highest BCUT2D eigenvalue weighted by molar-refractivity contribution is 6.35. The van der Waals surface area contributed by atoms with E-state index in [0.717, 1.165) is 135 Å². The Morgan fingerprint density at radius 3 is 0.896 bits per heavy atom. The van der Waals surface area contributed by atoms with Gasteiger partial charge in [0.15, 0.2) is 60.1 Å². The minimum Gasteiger partial charge on any atom is -0.470 e. The van der Waals surface area contributed by atoms with Crippen molar-refractivity contribution in [1.29, 1.82) is 0 Å². The second-order valence-corrected chi connectivity index (χ2v) is 42.6. The van der Waals surface area contributed by atoms with Gasteiger partial charge in [0.1, 0.15) is 74.3 Å². The summed E-state index contributed by atoms with van der Waals surface area (Å²) < 4.78 is 92.9. The summed E-state index contributed by atoms with van der Waals surface area (Å²) in [5.74, 6) is 0.659. The first kappa shape index (κ1) is 99.2. The number of anilines is 1. The molecule has 16 atom stereocenters. The van der Waals surface area contributed by atoms with Gasteiger partial charge in [-0.1, -0.05) is 187 Å². The molecule has 144 heavy (non-hydrogen) atoms. The molecule has 17 heterocycles. The van der Waals surface area contributed by atoms with Crippen LogP contribution in [-0.4, -0.2) is 262 Å². The van der Waals surface area contributed by atoms with Gasteiger partial charge in [0, 0.05) is 81.5 Å². The van der Waals surface area contributed by atoms with Crippen LogP contribution >= 0.6 is 46.4 Å². The molecule has 0 spiro atoms. The second-order valence-electron chi connectivity index (χ2n) is 40.9. The van der Waals surface area contributed by atoms with Crippen molar-refractivity contribution < 1.29 is 110 Å². The predicted molar refractivity (Wildman–Crippen MR) is 536 cm³/mol. The van der Waals surface area contributed by atoms with Crippen LogP contribution in [0.3, 0.4) is 0 Å². The van der Waals surface area contributed by atoms with Crippen molar-refractivity contribution in [1.82, 2.24) is 39.9 Å². The standard InChI is InChI=1S/C31H35ClN2O7.2C27H29ClN2O6.C23H24ClN3O4/c1-16(2)29(35)39-15-31(9-10-31)19-7-5-18(6-8-19)26-20(32)11-21-22(34-26)12-25(33-21)40-23-13-37-28-24(14-38-27(23)28)41-30(36)17(3)4;1-14(2)26(32)35-13-27(7-8-27)16-5-3-15(4-6-16)23-17(28)9-18-19(30-23)10-22(29-18)36-21-12-34-24-20(31)11-33-25(21)24;1-14(2)26(32)36-21-12-34-24-20(11-33-25(21)24)35-22-10-19-18(29-22)9-17(28)23(30-19)15-3-5-16(6-4-15)27(13-31)7-8-27;24-15-9-16-17(10-20(25-16)31-19-12-30-22-18(28)11-29-23(19)22)26-21(15)13-3-5-14(6-4-13)27-7-1-2-8-27/h5-8,11-12,16-17,23-24,27-28,33H,9-10,13-15H2,1-4H3;2*3-6,9-10,14,20-21,24-25,29,31H,7-8,11-13H2,1-2H3;3-6,9-10,18-19,22-23,25,28H,1-2,7-8,11-12H2/t23-,24-,27-,28-;2*20-,21-,24-,25-;18-,19-,22-,23-/m1111/s1. The number of halogens is 4. The smallest absolute Gasteiger partial charge is 0.308 e. The lowest BCUT2D eigenvalue weighted by Gasteiger charge is -2.18. The molecule has 760 valence electrons. The van der Waals surface area contributed by atoms with Crippen molar-refractivity contribution in [3.8, 4) is 68.5 Å². The average molecular weight is 2050 g/mol. The van der Waals surface area contributed by atoms with E-state index in [0.29, 0.717) is 112 Å². The number of hydrogen-bond acceptors (Lipinski definition) is 28. The van der Waals surface area contributed by atoms with Gasteiger partial charge in [-0.2, -0.15) is 0 Å². The number of aromatic nitrogens is 8. The van der Waals surface area contributed by atoms with Crippen LogP contribution in [0, 0.1) is 23.7 Å². The number of rotatable bonds is 27.